The first-order chi connectivity index (χ1) is 11.7. The van der Waals surface area contributed by atoms with Gasteiger partial charge in [0.2, 0.25) is 15.9 Å². The molecule has 2 fully saturated rings. The number of amides is 1. The van der Waals surface area contributed by atoms with Crippen molar-refractivity contribution in [1.29, 1.82) is 0 Å². The molecule has 2 aliphatic rings. The zero-order chi connectivity index (χ0) is 18.2. The van der Waals surface area contributed by atoms with Gasteiger partial charge >= 0.3 is 6.18 Å². The second kappa shape index (κ2) is 6.86. The second-order valence-corrected chi connectivity index (χ2v) is 9.05. The molecule has 2 saturated heterocycles. The first-order valence-corrected chi connectivity index (χ1v) is 10.1. The van der Waals surface area contributed by atoms with Crippen molar-refractivity contribution in [3.63, 3.8) is 0 Å². The van der Waals surface area contributed by atoms with Gasteiger partial charge in [-0.05, 0) is 31.4 Å². The molecule has 0 saturated carbocycles. The summed E-state index contributed by atoms with van der Waals surface area (Å²) in [4.78, 5) is 10.7. The Morgan fingerprint density at radius 1 is 1.28 bits per heavy atom. The van der Waals surface area contributed by atoms with Crippen LogP contribution in [0.3, 0.4) is 0 Å². The quantitative estimate of drug-likeness (QED) is 0.811. The minimum absolute atomic E-state index is 0.147. The number of halogens is 3. The van der Waals surface area contributed by atoms with Crippen LogP contribution in [0, 0.1) is 0 Å². The number of carbonyl (C=O) groups excluding carboxylic acids is 1. The van der Waals surface area contributed by atoms with E-state index >= 15 is 0 Å². The highest BCUT2D eigenvalue weighted by atomic mass is 32.2. The number of piperidine rings is 1. The van der Waals surface area contributed by atoms with E-state index < -0.39 is 37.4 Å². The molecule has 0 aromatic carbocycles. The van der Waals surface area contributed by atoms with Crippen LogP contribution in [-0.2, 0) is 25.7 Å². The highest BCUT2D eigenvalue weighted by molar-refractivity contribution is 7.91. The molecule has 0 spiro atoms. The summed E-state index contributed by atoms with van der Waals surface area (Å²) in [5, 5.41) is 2.74. The van der Waals surface area contributed by atoms with Crippen molar-refractivity contribution in [2.24, 2.45) is 0 Å². The summed E-state index contributed by atoms with van der Waals surface area (Å²) in [7, 11) is -4.12. The zero-order valence-corrected chi connectivity index (χ0v) is 14.6. The van der Waals surface area contributed by atoms with Crippen molar-refractivity contribution in [3.8, 4) is 0 Å². The number of rotatable bonds is 4. The van der Waals surface area contributed by atoms with Gasteiger partial charge in [0.1, 0.15) is 9.09 Å². The molecule has 3 heterocycles. The van der Waals surface area contributed by atoms with Crippen LogP contribution in [0.25, 0.3) is 0 Å². The van der Waals surface area contributed by atoms with Crippen LogP contribution in [-0.4, -0.2) is 39.1 Å². The van der Waals surface area contributed by atoms with Gasteiger partial charge in [0.05, 0.1) is 12.1 Å². The molecule has 0 bridgehead atoms. The van der Waals surface area contributed by atoms with Gasteiger partial charge in [-0.25, -0.2) is 13.1 Å². The van der Waals surface area contributed by atoms with E-state index in [9.17, 15) is 26.4 Å². The Bertz CT molecular complexity index is 742. The molecule has 1 amide bonds. The van der Waals surface area contributed by atoms with Crippen molar-refractivity contribution >= 4 is 27.3 Å². The lowest BCUT2D eigenvalue weighted by molar-refractivity contribution is -0.134. The Balaban J connectivity index is 1.78. The average molecular weight is 398 g/mol. The first-order valence-electron chi connectivity index (χ1n) is 7.77. The molecule has 0 radical (unpaired) electrons. The molecule has 0 aliphatic carbocycles. The molecule has 1 aromatic rings. The monoisotopic (exact) mass is 398 g/mol. The van der Waals surface area contributed by atoms with E-state index in [-0.39, 0.29) is 36.2 Å². The van der Waals surface area contributed by atoms with Crippen LogP contribution in [0.2, 0.25) is 0 Å². The Morgan fingerprint density at radius 2 is 2.04 bits per heavy atom. The maximum atomic E-state index is 12.7. The van der Waals surface area contributed by atoms with E-state index in [1.807, 2.05) is 0 Å². The summed E-state index contributed by atoms with van der Waals surface area (Å²) >= 11 is 0.175. The SMILES string of the molecule is O=C1CCC(NS(=O)(=O)c2ccc(C(F)(F)F)s2)C(C2CCCO2)N1. The van der Waals surface area contributed by atoms with Gasteiger partial charge < -0.3 is 10.1 Å². The van der Waals surface area contributed by atoms with Gasteiger partial charge in [0.15, 0.2) is 0 Å². The molecular weight excluding hydrogens is 381 g/mol. The van der Waals surface area contributed by atoms with Gasteiger partial charge in [-0.15, -0.1) is 11.3 Å². The summed E-state index contributed by atoms with van der Waals surface area (Å²) in [6.07, 6.45) is -2.96. The van der Waals surface area contributed by atoms with E-state index in [2.05, 4.69) is 10.0 Å². The first kappa shape index (κ1) is 18.6. The Labute approximate surface area is 146 Å². The fraction of sp³-hybridized carbons (Fsp3) is 0.643. The standard InChI is InChI=1S/C14H17F3N2O4S2/c15-14(16,17)10-4-6-12(24-10)25(21,22)19-8-3-5-11(20)18-13(8)9-2-1-7-23-9/h4,6,8-9,13,19H,1-3,5,7H2,(H,18,20). The van der Waals surface area contributed by atoms with Crippen molar-refractivity contribution < 1.29 is 31.1 Å². The molecule has 2 N–H and O–H groups in total. The molecule has 1 aromatic heterocycles. The van der Waals surface area contributed by atoms with Crippen molar-refractivity contribution in [2.45, 2.75) is 54.3 Å². The van der Waals surface area contributed by atoms with Crippen LogP contribution in [0.4, 0.5) is 13.2 Å². The molecule has 3 unspecified atom stereocenters. The number of ether oxygens (including phenoxy) is 1. The van der Waals surface area contributed by atoms with E-state index in [0.717, 1.165) is 18.6 Å². The molecule has 140 valence electrons. The topological polar surface area (TPSA) is 84.5 Å². The number of nitrogens with one attached hydrogen (secondary N) is 2. The van der Waals surface area contributed by atoms with Gasteiger partial charge in [0.25, 0.3) is 0 Å². The van der Waals surface area contributed by atoms with Crippen LogP contribution in [0.5, 0.6) is 0 Å². The normalized spacial score (nSPS) is 28.1. The Morgan fingerprint density at radius 3 is 2.64 bits per heavy atom. The van der Waals surface area contributed by atoms with Gasteiger partial charge in [-0.3, -0.25) is 4.79 Å². The fourth-order valence-corrected chi connectivity index (χ4v) is 5.55. The van der Waals surface area contributed by atoms with Crippen molar-refractivity contribution in [3.05, 3.63) is 17.0 Å². The third-order valence-corrected chi connectivity index (χ3v) is 7.35. The highest BCUT2D eigenvalue weighted by Crippen LogP contribution is 2.36. The third kappa shape index (κ3) is 4.15. The summed E-state index contributed by atoms with van der Waals surface area (Å²) in [5.74, 6) is -0.188. The molecule has 3 atom stereocenters. The van der Waals surface area contributed by atoms with E-state index in [4.69, 9.17) is 4.74 Å². The van der Waals surface area contributed by atoms with Gasteiger partial charge in [-0.2, -0.15) is 13.2 Å². The molecule has 11 heteroatoms. The van der Waals surface area contributed by atoms with Crippen LogP contribution >= 0.6 is 11.3 Å². The predicted octanol–water partition coefficient (Wildman–Crippen LogP) is 1.87. The summed E-state index contributed by atoms with van der Waals surface area (Å²) < 4.78 is 70.6. The lowest BCUT2D eigenvalue weighted by atomic mass is 9.93. The lowest BCUT2D eigenvalue weighted by Gasteiger charge is -2.35. The number of hydrogen-bond donors (Lipinski definition) is 2. The average Bonchev–Trinajstić information content (AvgIpc) is 3.19. The number of hydrogen-bond acceptors (Lipinski definition) is 5. The molecule has 6 nitrogen and oxygen atoms in total. The molecular formula is C14H17F3N2O4S2. The third-order valence-electron chi connectivity index (χ3n) is 4.24. The lowest BCUT2D eigenvalue weighted by Crippen LogP contribution is -2.59. The smallest absolute Gasteiger partial charge is 0.376 e. The highest BCUT2D eigenvalue weighted by Gasteiger charge is 2.40. The van der Waals surface area contributed by atoms with E-state index in [0.29, 0.717) is 13.0 Å². The molecule has 3 rings (SSSR count). The molecule has 25 heavy (non-hydrogen) atoms. The summed E-state index contributed by atoms with van der Waals surface area (Å²) in [6, 6.07) is 0.542. The predicted molar refractivity (Wildman–Crippen MR) is 83.6 cm³/mol. The Hall–Kier alpha value is -1.17. The van der Waals surface area contributed by atoms with E-state index in [1.54, 1.807) is 0 Å². The summed E-state index contributed by atoms with van der Waals surface area (Å²) in [6.45, 7) is 0.538. The zero-order valence-electron chi connectivity index (χ0n) is 13.0. The number of sulfonamides is 1. The van der Waals surface area contributed by atoms with Gasteiger partial charge in [0, 0.05) is 19.1 Å². The maximum Gasteiger partial charge on any atom is 0.425 e. The minimum atomic E-state index is -4.59. The largest absolute Gasteiger partial charge is 0.425 e. The van der Waals surface area contributed by atoms with Crippen molar-refractivity contribution in [1.82, 2.24) is 10.0 Å². The number of thiophene rings is 1. The fourth-order valence-electron chi connectivity index (χ4n) is 3.07. The van der Waals surface area contributed by atoms with Gasteiger partial charge in [-0.1, -0.05) is 0 Å². The molecule has 2 aliphatic heterocycles. The summed E-state index contributed by atoms with van der Waals surface area (Å²) in [5.41, 5.74) is 0. The maximum absolute atomic E-state index is 12.7. The second-order valence-electron chi connectivity index (χ2n) is 6.03. The van der Waals surface area contributed by atoms with Crippen LogP contribution < -0.4 is 10.0 Å². The minimum Gasteiger partial charge on any atom is -0.376 e. The van der Waals surface area contributed by atoms with Crippen LogP contribution in [0.1, 0.15) is 30.6 Å². The van der Waals surface area contributed by atoms with Crippen molar-refractivity contribution in [2.75, 3.05) is 6.61 Å². The number of carbonyl (C=O) groups is 1. The Kier molecular flexibility index (Phi) is 5.11. The van der Waals surface area contributed by atoms with Crippen LogP contribution in [0.15, 0.2) is 16.3 Å². The van der Waals surface area contributed by atoms with E-state index in [1.165, 1.54) is 0 Å². The number of alkyl halides is 3.